The first-order valence-corrected chi connectivity index (χ1v) is 8.19. The molecule has 2 heterocycles. The monoisotopic (exact) mass is 336 g/mol. The fourth-order valence-corrected chi connectivity index (χ4v) is 2.65. The van der Waals surface area contributed by atoms with E-state index in [-0.39, 0.29) is 5.95 Å². The summed E-state index contributed by atoms with van der Waals surface area (Å²) in [5.74, 6) is 7.25. The Morgan fingerprint density at radius 2 is 1.80 bits per heavy atom. The molecular formula is C18H20N6O. The van der Waals surface area contributed by atoms with Gasteiger partial charge >= 0.3 is 5.69 Å². The first kappa shape index (κ1) is 16.8. The summed E-state index contributed by atoms with van der Waals surface area (Å²) in [6.07, 6.45) is 3.00. The molecule has 0 saturated heterocycles. The van der Waals surface area contributed by atoms with Gasteiger partial charge in [0.25, 0.3) is 5.95 Å². The second-order valence-electron chi connectivity index (χ2n) is 5.45. The number of rotatable bonds is 5. The van der Waals surface area contributed by atoms with Gasteiger partial charge in [-0.2, -0.15) is 9.97 Å². The average Bonchev–Trinajstić information content (AvgIpc) is 2.67. The molecule has 7 nitrogen and oxygen atoms in total. The lowest BCUT2D eigenvalue weighted by Gasteiger charge is -2.18. The van der Waals surface area contributed by atoms with Crippen molar-refractivity contribution < 1.29 is 0 Å². The summed E-state index contributed by atoms with van der Waals surface area (Å²) in [5.41, 5.74) is 1.46. The highest BCUT2D eigenvalue weighted by molar-refractivity contribution is 5.50. The zero-order valence-electron chi connectivity index (χ0n) is 14.3. The molecule has 0 fully saturated rings. The third-order valence-corrected chi connectivity index (χ3v) is 3.92. The summed E-state index contributed by atoms with van der Waals surface area (Å²) in [6.45, 7) is 3.99. The Balaban J connectivity index is 2.13. The van der Waals surface area contributed by atoms with Gasteiger partial charge in [-0.3, -0.25) is 0 Å². The minimum atomic E-state index is -0.408. The molecule has 25 heavy (non-hydrogen) atoms. The molecule has 0 saturated carbocycles. The maximum atomic E-state index is 12.7. The molecular weight excluding hydrogens is 316 g/mol. The summed E-state index contributed by atoms with van der Waals surface area (Å²) in [4.78, 5) is 25.5. The van der Waals surface area contributed by atoms with E-state index < -0.39 is 5.69 Å². The molecule has 0 unspecified atom stereocenters. The Hall–Kier alpha value is -3.06. The molecule has 2 aromatic heterocycles. The number of hydrazine groups is 1. The zero-order chi connectivity index (χ0) is 17.8. The van der Waals surface area contributed by atoms with Crippen LogP contribution in [-0.2, 0) is 12.8 Å². The Bertz CT molecular complexity index is 922. The Morgan fingerprint density at radius 3 is 2.48 bits per heavy atom. The summed E-state index contributed by atoms with van der Waals surface area (Å²) in [6, 6.07) is 13.1. The van der Waals surface area contributed by atoms with Crippen molar-refractivity contribution in [2.75, 3.05) is 5.01 Å². The van der Waals surface area contributed by atoms with E-state index in [1.165, 1.54) is 5.01 Å². The van der Waals surface area contributed by atoms with Crippen LogP contribution in [0.4, 0.5) is 11.8 Å². The molecule has 128 valence electrons. The van der Waals surface area contributed by atoms with E-state index in [4.69, 9.17) is 5.84 Å². The normalized spacial score (nSPS) is 10.7. The van der Waals surface area contributed by atoms with Crippen LogP contribution < -0.4 is 16.5 Å². The van der Waals surface area contributed by atoms with Crippen molar-refractivity contribution in [2.45, 2.75) is 26.7 Å². The molecule has 0 aliphatic rings. The number of aromatic nitrogens is 4. The van der Waals surface area contributed by atoms with Crippen LogP contribution in [0, 0.1) is 0 Å². The largest absolute Gasteiger partial charge is 0.356 e. The van der Waals surface area contributed by atoms with Gasteiger partial charge in [0, 0.05) is 12.6 Å². The third-order valence-electron chi connectivity index (χ3n) is 3.92. The molecule has 3 aromatic rings. The number of nitrogens with two attached hydrogens (primary N) is 1. The highest BCUT2D eigenvalue weighted by Crippen LogP contribution is 2.18. The van der Waals surface area contributed by atoms with Gasteiger partial charge in [0.15, 0.2) is 0 Å². The fourth-order valence-electron chi connectivity index (χ4n) is 2.65. The Kier molecular flexibility index (Phi) is 4.85. The van der Waals surface area contributed by atoms with E-state index >= 15 is 0 Å². The quantitative estimate of drug-likeness (QED) is 0.567. The van der Waals surface area contributed by atoms with Crippen LogP contribution in [0.2, 0.25) is 0 Å². The van der Waals surface area contributed by atoms with Gasteiger partial charge in [-0.05, 0) is 30.2 Å². The molecule has 0 aliphatic heterocycles. The average molecular weight is 336 g/mol. The van der Waals surface area contributed by atoms with Crippen molar-refractivity contribution in [2.24, 2.45) is 5.84 Å². The molecule has 2 N–H and O–H groups in total. The molecule has 0 atom stereocenters. The summed E-state index contributed by atoms with van der Waals surface area (Å²) < 4.78 is 1.55. The lowest BCUT2D eigenvalue weighted by molar-refractivity contribution is 0.749. The lowest BCUT2D eigenvalue weighted by atomic mass is 10.1. The van der Waals surface area contributed by atoms with Crippen molar-refractivity contribution in [3.63, 3.8) is 0 Å². The highest BCUT2D eigenvalue weighted by atomic mass is 16.1. The zero-order valence-corrected chi connectivity index (χ0v) is 14.3. The number of para-hydroxylation sites is 1. The van der Waals surface area contributed by atoms with E-state index in [1.807, 2.05) is 44.2 Å². The van der Waals surface area contributed by atoms with E-state index in [0.29, 0.717) is 18.1 Å². The van der Waals surface area contributed by atoms with Gasteiger partial charge in [-0.1, -0.05) is 38.1 Å². The first-order chi connectivity index (χ1) is 12.2. The molecule has 0 bridgehead atoms. The van der Waals surface area contributed by atoms with E-state index in [0.717, 1.165) is 17.7 Å². The second kappa shape index (κ2) is 7.23. The first-order valence-electron chi connectivity index (χ1n) is 8.19. The highest BCUT2D eigenvalue weighted by Gasteiger charge is 2.16. The maximum Gasteiger partial charge on any atom is 0.356 e. The fraction of sp³-hybridized carbons (Fsp3) is 0.222. The molecule has 1 aromatic carbocycles. The van der Waals surface area contributed by atoms with Gasteiger partial charge < -0.3 is 0 Å². The van der Waals surface area contributed by atoms with Gasteiger partial charge in [0.2, 0.25) is 0 Å². The van der Waals surface area contributed by atoms with E-state index in [1.54, 1.807) is 22.9 Å². The van der Waals surface area contributed by atoms with Crippen LogP contribution in [0.25, 0.3) is 5.69 Å². The standard InChI is InChI=1S/C18H20N6O/c1-3-13-9-5-6-10-14(13)23-15(4-2)21-17(22-18(23)25)24(19)16-11-7-8-12-20-16/h5-12H,3-4,19H2,1-2H3. The predicted octanol–water partition coefficient (Wildman–Crippen LogP) is 2.16. The number of benzene rings is 1. The summed E-state index contributed by atoms with van der Waals surface area (Å²) in [7, 11) is 0. The van der Waals surface area contributed by atoms with E-state index in [9.17, 15) is 4.79 Å². The van der Waals surface area contributed by atoms with Crippen LogP contribution in [0.3, 0.4) is 0 Å². The molecule has 0 radical (unpaired) electrons. The number of aryl methyl sites for hydroxylation is 2. The van der Waals surface area contributed by atoms with Crippen molar-refractivity contribution in [1.29, 1.82) is 0 Å². The lowest BCUT2D eigenvalue weighted by Crippen LogP contribution is -2.34. The van der Waals surface area contributed by atoms with Crippen LogP contribution in [-0.4, -0.2) is 19.5 Å². The SMILES string of the molecule is CCc1ccccc1-n1c(CC)nc(N(N)c2ccccn2)nc1=O. The molecule has 0 amide bonds. The van der Waals surface area contributed by atoms with Gasteiger partial charge in [0.05, 0.1) is 5.69 Å². The van der Waals surface area contributed by atoms with Gasteiger partial charge in [-0.25, -0.2) is 25.2 Å². The smallest absolute Gasteiger partial charge is 0.248 e. The second-order valence-corrected chi connectivity index (χ2v) is 5.45. The molecule has 3 rings (SSSR count). The summed E-state index contributed by atoms with van der Waals surface area (Å²) in [5, 5.41) is 1.22. The van der Waals surface area contributed by atoms with Crippen LogP contribution in [0.15, 0.2) is 53.5 Å². The topological polar surface area (TPSA) is 89.9 Å². The molecule has 0 spiro atoms. The van der Waals surface area contributed by atoms with Gasteiger partial charge in [-0.15, -0.1) is 0 Å². The number of pyridine rings is 1. The number of anilines is 2. The van der Waals surface area contributed by atoms with Crippen LogP contribution in [0.1, 0.15) is 25.2 Å². The van der Waals surface area contributed by atoms with Crippen molar-refractivity contribution in [1.82, 2.24) is 19.5 Å². The third kappa shape index (κ3) is 3.27. The number of nitrogens with zero attached hydrogens (tertiary/aromatic N) is 5. The minimum Gasteiger partial charge on any atom is -0.248 e. The maximum absolute atomic E-state index is 12.7. The van der Waals surface area contributed by atoms with Gasteiger partial charge in [0.1, 0.15) is 11.6 Å². The van der Waals surface area contributed by atoms with E-state index in [2.05, 4.69) is 15.0 Å². The molecule has 7 heteroatoms. The Morgan fingerprint density at radius 1 is 1.04 bits per heavy atom. The molecule has 0 aliphatic carbocycles. The number of hydrogen-bond acceptors (Lipinski definition) is 6. The van der Waals surface area contributed by atoms with Crippen LogP contribution in [0.5, 0.6) is 0 Å². The predicted molar refractivity (Wildman–Crippen MR) is 96.9 cm³/mol. The summed E-state index contributed by atoms with van der Waals surface area (Å²) >= 11 is 0. The Labute approximate surface area is 145 Å². The van der Waals surface area contributed by atoms with Crippen LogP contribution >= 0.6 is 0 Å². The van der Waals surface area contributed by atoms with Crippen molar-refractivity contribution >= 4 is 11.8 Å². The minimum absolute atomic E-state index is 0.130. The van der Waals surface area contributed by atoms with Crippen molar-refractivity contribution in [3.8, 4) is 5.69 Å². The number of hydrogen-bond donors (Lipinski definition) is 1. The van der Waals surface area contributed by atoms with Crippen molar-refractivity contribution in [3.05, 3.63) is 70.5 Å².